The highest BCUT2D eigenvalue weighted by Gasteiger charge is 2.17. The van der Waals surface area contributed by atoms with Gasteiger partial charge in [-0.3, -0.25) is 9.59 Å². The SMILES string of the molecule is CC(=O)OCc1ccc(OCC(=O)c2cc3cc(C(C)(C)C)ccc3o2)cc1. The molecular formula is C23H24O5. The van der Waals surface area contributed by atoms with E-state index in [9.17, 15) is 9.59 Å². The van der Waals surface area contributed by atoms with E-state index in [0.29, 0.717) is 11.3 Å². The number of fused-ring (bicyclic) bond motifs is 1. The van der Waals surface area contributed by atoms with E-state index >= 15 is 0 Å². The molecule has 0 saturated carbocycles. The lowest BCUT2D eigenvalue weighted by molar-refractivity contribution is -0.142. The van der Waals surface area contributed by atoms with Crippen LogP contribution in [-0.2, 0) is 21.6 Å². The predicted octanol–water partition coefficient (Wildman–Crippen LogP) is 5.06. The molecule has 0 aliphatic heterocycles. The summed E-state index contributed by atoms with van der Waals surface area (Å²) in [6, 6.07) is 14.8. The Bertz CT molecular complexity index is 990. The van der Waals surface area contributed by atoms with Crippen molar-refractivity contribution in [1.82, 2.24) is 0 Å². The second-order valence-electron chi connectivity index (χ2n) is 7.75. The van der Waals surface area contributed by atoms with Gasteiger partial charge in [0.05, 0.1) is 0 Å². The number of rotatable bonds is 6. The van der Waals surface area contributed by atoms with Crippen LogP contribution in [-0.4, -0.2) is 18.4 Å². The van der Waals surface area contributed by atoms with Gasteiger partial charge in [-0.05, 0) is 46.9 Å². The summed E-state index contributed by atoms with van der Waals surface area (Å²) >= 11 is 0. The van der Waals surface area contributed by atoms with Crippen LogP contribution in [0.5, 0.6) is 5.75 Å². The van der Waals surface area contributed by atoms with E-state index in [-0.39, 0.29) is 36.1 Å². The third kappa shape index (κ3) is 4.80. The van der Waals surface area contributed by atoms with Crippen LogP contribution >= 0.6 is 0 Å². The Morgan fingerprint density at radius 3 is 2.36 bits per heavy atom. The Balaban J connectivity index is 1.64. The minimum absolute atomic E-state index is 0.0281. The smallest absolute Gasteiger partial charge is 0.302 e. The minimum Gasteiger partial charge on any atom is -0.485 e. The third-order valence-electron chi connectivity index (χ3n) is 4.39. The average Bonchev–Trinajstić information content (AvgIpc) is 3.08. The molecule has 0 fully saturated rings. The maximum Gasteiger partial charge on any atom is 0.302 e. The van der Waals surface area contributed by atoms with E-state index in [4.69, 9.17) is 13.9 Å². The van der Waals surface area contributed by atoms with Crippen LogP contribution < -0.4 is 4.74 Å². The topological polar surface area (TPSA) is 65.7 Å². The van der Waals surface area contributed by atoms with Gasteiger partial charge >= 0.3 is 5.97 Å². The van der Waals surface area contributed by atoms with Crippen LogP contribution in [0.2, 0.25) is 0 Å². The van der Waals surface area contributed by atoms with E-state index in [1.54, 1.807) is 30.3 Å². The highest BCUT2D eigenvalue weighted by Crippen LogP contribution is 2.28. The number of esters is 1. The summed E-state index contributed by atoms with van der Waals surface area (Å²) in [5.41, 5.74) is 2.75. The average molecular weight is 380 g/mol. The first kappa shape index (κ1) is 19.7. The zero-order chi connectivity index (χ0) is 20.3. The second-order valence-corrected chi connectivity index (χ2v) is 7.75. The van der Waals surface area contributed by atoms with Gasteiger partial charge in [0.15, 0.2) is 12.4 Å². The molecule has 0 N–H and O–H groups in total. The van der Waals surface area contributed by atoms with Gasteiger partial charge in [0.2, 0.25) is 5.78 Å². The van der Waals surface area contributed by atoms with E-state index in [1.807, 2.05) is 12.1 Å². The number of furan rings is 1. The van der Waals surface area contributed by atoms with Crippen LogP contribution in [0, 0.1) is 0 Å². The van der Waals surface area contributed by atoms with Crippen molar-refractivity contribution >= 4 is 22.7 Å². The minimum atomic E-state index is -0.327. The first-order valence-corrected chi connectivity index (χ1v) is 9.15. The summed E-state index contributed by atoms with van der Waals surface area (Å²) in [5.74, 6) is 0.294. The van der Waals surface area contributed by atoms with E-state index in [2.05, 4.69) is 26.8 Å². The molecule has 0 atom stereocenters. The van der Waals surface area contributed by atoms with E-state index in [0.717, 1.165) is 10.9 Å². The lowest BCUT2D eigenvalue weighted by Gasteiger charge is -2.18. The number of Topliss-reactive ketones (excluding diaryl/α,β-unsaturated/α-hetero) is 1. The van der Waals surface area contributed by atoms with E-state index in [1.165, 1.54) is 12.5 Å². The monoisotopic (exact) mass is 380 g/mol. The molecule has 2 aromatic carbocycles. The molecule has 5 nitrogen and oxygen atoms in total. The van der Waals surface area contributed by atoms with E-state index < -0.39 is 0 Å². The van der Waals surface area contributed by atoms with Crippen molar-refractivity contribution in [3.63, 3.8) is 0 Å². The summed E-state index contributed by atoms with van der Waals surface area (Å²) in [6.07, 6.45) is 0. The van der Waals surface area contributed by atoms with Crippen molar-refractivity contribution in [3.8, 4) is 5.75 Å². The summed E-state index contributed by atoms with van der Waals surface area (Å²) < 4.78 is 16.2. The maximum atomic E-state index is 12.4. The molecule has 0 aliphatic carbocycles. The molecule has 1 aromatic heterocycles. The van der Waals surface area contributed by atoms with Crippen molar-refractivity contribution in [2.75, 3.05) is 6.61 Å². The highest BCUT2D eigenvalue weighted by molar-refractivity contribution is 5.98. The summed E-state index contributed by atoms with van der Waals surface area (Å²) in [6.45, 7) is 7.90. The van der Waals surface area contributed by atoms with Crippen LogP contribution in [0.3, 0.4) is 0 Å². The standard InChI is InChI=1S/C23H24O5/c1-15(24)26-13-16-5-8-19(9-6-16)27-14-20(25)22-12-17-11-18(23(2,3)4)7-10-21(17)28-22/h5-12H,13-14H2,1-4H3. The fourth-order valence-electron chi connectivity index (χ4n) is 2.73. The Labute approximate surface area is 164 Å². The molecule has 146 valence electrons. The Morgan fingerprint density at radius 1 is 1.00 bits per heavy atom. The molecule has 0 amide bonds. The zero-order valence-corrected chi connectivity index (χ0v) is 16.6. The Kier molecular flexibility index (Phi) is 5.54. The quantitative estimate of drug-likeness (QED) is 0.442. The van der Waals surface area contributed by atoms with Gasteiger partial charge in [-0.15, -0.1) is 0 Å². The summed E-state index contributed by atoms with van der Waals surface area (Å²) in [4.78, 5) is 23.3. The number of benzene rings is 2. The first-order chi connectivity index (χ1) is 13.2. The lowest BCUT2D eigenvalue weighted by atomic mass is 9.86. The largest absolute Gasteiger partial charge is 0.485 e. The van der Waals surface area contributed by atoms with Crippen LogP contribution in [0.1, 0.15) is 49.4 Å². The molecule has 0 spiro atoms. The normalized spacial score (nSPS) is 11.4. The molecule has 1 heterocycles. The predicted molar refractivity (Wildman–Crippen MR) is 107 cm³/mol. The molecule has 0 saturated heterocycles. The van der Waals surface area contributed by atoms with Crippen molar-refractivity contribution in [1.29, 1.82) is 0 Å². The highest BCUT2D eigenvalue weighted by atomic mass is 16.5. The maximum absolute atomic E-state index is 12.4. The van der Waals surface area contributed by atoms with Gasteiger partial charge in [-0.25, -0.2) is 0 Å². The van der Waals surface area contributed by atoms with Gasteiger partial charge in [-0.1, -0.05) is 39.0 Å². The van der Waals surface area contributed by atoms with Crippen molar-refractivity contribution in [2.45, 2.75) is 39.7 Å². The summed E-state index contributed by atoms with van der Waals surface area (Å²) in [7, 11) is 0. The van der Waals surface area contributed by atoms with Gasteiger partial charge < -0.3 is 13.9 Å². The Morgan fingerprint density at radius 2 is 1.71 bits per heavy atom. The number of ketones is 1. The molecule has 0 radical (unpaired) electrons. The van der Waals surface area contributed by atoms with Gasteiger partial charge in [0.25, 0.3) is 0 Å². The second kappa shape index (κ2) is 7.89. The third-order valence-corrected chi connectivity index (χ3v) is 4.39. The molecule has 0 aliphatic rings. The number of carbonyl (C=O) groups is 2. The van der Waals surface area contributed by atoms with Crippen LogP contribution in [0.4, 0.5) is 0 Å². The molecule has 0 bridgehead atoms. The number of hydrogen-bond donors (Lipinski definition) is 0. The fraction of sp³-hybridized carbons (Fsp3) is 0.304. The number of hydrogen-bond acceptors (Lipinski definition) is 5. The molecule has 28 heavy (non-hydrogen) atoms. The summed E-state index contributed by atoms with van der Waals surface area (Å²) in [5, 5.41) is 0.908. The number of carbonyl (C=O) groups excluding carboxylic acids is 2. The lowest BCUT2D eigenvalue weighted by Crippen LogP contribution is -2.10. The molecule has 5 heteroatoms. The zero-order valence-electron chi connectivity index (χ0n) is 16.6. The number of ether oxygens (including phenoxy) is 2. The molecule has 0 unspecified atom stereocenters. The molecule has 3 aromatic rings. The molecule has 3 rings (SSSR count). The van der Waals surface area contributed by atoms with Crippen molar-refractivity contribution < 1.29 is 23.5 Å². The Hall–Kier alpha value is -3.08. The first-order valence-electron chi connectivity index (χ1n) is 9.15. The van der Waals surface area contributed by atoms with Gasteiger partial charge in [0, 0.05) is 12.3 Å². The van der Waals surface area contributed by atoms with Crippen molar-refractivity contribution in [3.05, 3.63) is 65.4 Å². The van der Waals surface area contributed by atoms with Gasteiger partial charge in [0.1, 0.15) is 17.9 Å². The molecular weight excluding hydrogens is 356 g/mol. The van der Waals surface area contributed by atoms with Crippen LogP contribution in [0.25, 0.3) is 11.0 Å². The van der Waals surface area contributed by atoms with Crippen LogP contribution in [0.15, 0.2) is 52.9 Å². The van der Waals surface area contributed by atoms with Gasteiger partial charge in [-0.2, -0.15) is 0 Å². The fourth-order valence-corrected chi connectivity index (χ4v) is 2.73. The van der Waals surface area contributed by atoms with Crippen molar-refractivity contribution in [2.24, 2.45) is 0 Å².